The molecule has 0 spiro atoms. The monoisotopic (exact) mass is 394 g/mol. The van der Waals surface area contributed by atoms with Gasteiger partial charge in [0.05, 0.1) is 6.10 Å². The Kier molecular flexibility index (Phi) is 11.7. The van der Waals surface area contributed by atoms with Gasteiger partial charge in [-0.25, -0.2) is 4.79 Å². The van der Waals surface area contributed by atoms with Crippen LogP contribution in [-0.2, 0) is 4.79 Å². The summed E-state index contributed by atoms with van der Waals surface area (Å²) in [5, 5.41) is 28.6. The minimum absolute atomic E-state index is 0.333. The van der Waals surface area contributed by atoms with Crippen molar-refractivity contribution in [1.82, 2.24) is 0 Å². The molecule has 0 aliphatic heterocycles. The normalized spacial score (nSPS) is 22.9. The average Bonchev–Trinajstić information content (AvgIpc) is 3.07. The van der Waals surface area contributed by atoms with Crippen molar-refractivity contribution in [3.63, 3.8) is 0 Å². The van der Waals surface area contributed by atoms with Gasteiger partial charge in [-0.15, -0.1) is 0 Å². The average molecular weight is 395 g/mol. The maximum absolute atomic E-state index is 11.0. The Balaban J connectivity index is 2.19. The van der Waals surface area contributed by atoms with Crippen molar-refractivity contribution in [2.75, 3.05) is 0 Å². The number of unbranched alkanes of at least 4 members (excludes halogenated alkanes) is 5. The van der Waals surface area contributed by atoms with Crippen molar-refractivity contribution in [3.05, 3.63) is 23.8 Å². The zero-order valence-corrected chi connectivity index (χ0v) is 18.2. The van der Waals surface area contributed by atoms with Gasteiger partial charge in [0.2, 0.25) is 0 Å². The fraction of sp³-hybridized carbons (Fsp3) is 0.792. The molecule has 1 rings (SSSR count). The molecule has 1 fully saturated rings. The summed E-state index contributed by atoms with van der Waals surface area (Å²) in [4.78, 5) is 11.0. The highest BCUT2D eigenvalue weighted by molar-refractivity contribution is 5.77. The van der Waals surface area contributed by atoms with Crippen LogP contribution in [0, 0.1) is 11.8 Å². The van der Waals surface area contributed by atoms with Crippen LogP contribution in [-0.4, -0.2) is 33.0 Å². The molecule has 0 heterocycles. The molecular formula is C24H42O4. The molecule has 4 nitrogen and oxygen atoms in total. The Morgan fingerprint density at radius 3 is 2.50 bits per heavy atom. The van der Waals surface area contributed by atoms with E-state index in [1.807, 2.05) is 0 Å². The number of aliphatic carboxylic acids is 1. The molecule has 4 atom stereocenters. The minimum Gasteiger partial charge on any atom is -0.479 e. The zero-order valence-electron chi connectivity index (χ0n) is 18.2. The third kappa shape index (κ3) is 9.38. The number of hydrogen-bond acceptors (Lipinski definition) is 3. The molecule has 3 N–H and O–H groups in total. The Morgan fingerprint density at radius 2 is 1.82 bits per heavy atom. The van der Waals surface area contributed by atoms with E-state index in [2.05, 4.69) is 32.1 Å². The fourth-order valence-electron chi connectivity index (χ4n) is 4.09. The van der Waals surface area contributed by atoms with Crippen molar-refractivity contribution in [2.45, 2.75) is 110 Å². The third-order valence-corrected chi connectivity index (χ3v) is 6.11. The lowest BCUT2D eigenvalue weighted by molar-refractivity contribution is -0.169. The number of allylic oxidation sites excluding steroid dienone is 4. The number of aliphatic hydroxyl groups is 2. The number of carboxylic acid groups (broad SMARTS) is 1. The third-order valence-electron chi connectivity index (χ3n) is 6.11. The van der Waals surface area contributed by atoms with E-state index in [1.165, 1.54) is 63.9 Å². The summed E-state index contributed by atoms with van der Waals surface area (Å²) in [6, 6.07) is 0. The van der Waals surface area contributed by atoms with Crippen LogP contribution in [0.15, 0.2) is 23.8 Å². The summed E-state index contributed by atoms with van der Waals surface area (Å²) < 4.78 is 0. The zero-order chi connectivity index (χ0) is 21.0. The van der Waals surface area contributed by atoms with Crippen LogP contribution < -0.4 is 0 Å². The van der Waals surface area contributed by atoms with E-state index in [4.69, 9.17) is 5.11 Å². The quantitative estimate of drug-likeness (QED) is 0.263. The van der Waals surface area contributed by atoms with Crippen molar-refractivity contribution < 1.29 is 20.1 Å². The number of carbonyl (C=O) groups is 1. The molecule has 162 valence electrons. The van der Waals surface area contributed by atoms with Gasteiger partial charge >= 0.3 is 5.97 Å². The number of hydrogen-bond donors (Lipinski definition) is 3. The maximum Gasteiger partial charge on any atom is 0.338 e. The van der Waals surface area contributed by atoms with Crippen LogP contribution in [0.25, 0.3) is 0 Å². The second kappa shape index (κ2) is 13.2. The molecule has 4 heteroatoms. The van der Waals surface area contributed by atoms with Gasteiger partial charge in [0.25, 0.3) is 0 Å². The summed E-state index contributed by atoms with van der Waals surface area (Å²) >= 11 is 0. The van der Waals surface area contributed by atoms with E-state index in [0.29, 0.717) is 18.3 Å². The van der Waals surface area contributed by atoms with Gasteiger partial charge in [0, 0.05) is 0 Å². The second-order valence-corrected chi connectivity index (χ2v) is 8.96. The van der Waals surface area contributed by atoms with Crippen LogP contribution in [0.1, 0.15) is 97.8 Å². The highest BCUT2D eigenvalue weighted by atomic mass is 16.4. The molecule has 28 heavy (non-hydrogen) atoms. The first-order chi connectivity index (χ1) is 13.2. The molecule has 1 aliphatic carbocycles. The first-order valence-electron chi connectivity index (χ1n) is 11.2. The van der Waals surface area contributed by atoms with Gasteiger partial charge in [-0.05, 0) is 84.0 Å². The van der Waals surface area contributed by atoms with Crippen LogP contribution >= 0.6 is 0 Å². The molecule has 0 bridgehead atoms. The Bertz CT molecular complexity index is 503. The summed E-state index contributed by atoms with van der Waals surface area (Å²) in [6.07, 6.45) is 19.2. The molecule has 0 saturated heterocycles. The van der Waals surface area contributed by atoms with E-state index < -0.39 is 17.7 Å². The predicted molar refractivity (Wildman–Crippen MR) is 115 cm³/mol. The van der Waals surface area contributed by atoms with E-state index in [1.54, 1.807) is 0 Å². The lowest BCUT2D eigenvalue weighted by Gasteiger charge is -2.24. The van der Waals surface area contributed by atoms with E-state index in [-0.39, 0.29) is 0 Å². The molecule has 0 radical (unpaired) electrons. The van der Waals surface area contributed by atoms with Crippen molar-refractivity contribution in [2.24, 2.45) is 11.8 Å². The van der Waals surface area contributed by atoms with Gasteiger partial charge < -0.3 is 15.3 Å². The maximum atomic E-state index is 11.0. The van der Waals surface area contributed by atoms with Gasteiger partial charge in [0.15, 0.2) is 5.60 Å². The molecule has 1 aliphatic rings. The number of aliphatic hydroxyl groups excluding tert-OH is 1. The Hall–Kier alpha value is -1.13. The number of rotatable bonds is 14. The van der Waals surface area contributed by atoms with E-state index in [0.717, 1.165) is 19.3 Å². The molecule has 1 saturated carbocycles. The Morgan fingerprint density at radius 1 is 1.11 bits per heavy atom. The Labute approximate surface area is 171 Å². The number of carboxylic acids is 1. The predicted octanol–water partition coefficient (Wildman–Crippen LogP) is 5.63. The van der Waals surface area contributed by atoms with Gasteiger partial charge in [-0.3, -0.25) is 0 Å². The topological polar surface area (TPSA) is 77.8 Å². The van der Waals surface area contributed by atoms with Gasteiger partial charge in [0.1, 0.15) is 0 Å². The van der Waals surface area contributed by atoms with E-state index in [9.17, 15) is 15.0 Å². The summed E-state index contributed by atoms with van der Waals surface area (Å²) in [5.41, 5.74) is -0.640. The van der Waals surface area contributed by atoms with Crippen LogP contribution in [0.3, 0.4) is 0 Å². The standard InChI is InChI=1S/C24H42O4/c1-19(2)13-8-6-4-5-7-9-14-20-16-12-17-21(20)15-10-11-18-22(25)24(3,28)23(26)27/h9,13-14,20-22,25,28H,4-8,10-12,15-18H2,1-3H3,(H,26,27)/b14-9+/t20-,21-,22?,24?/m0/s1. The molecular weight excluding hydrogens is 352 g/mol. The largest absolute Gasteiger partial charge is 0.479 e. The highest BCUT2D eigenvalue weighted by Gasteiger charge is 2.38. The van der Waals surface area contributed by atoms with Crippen molar-refractivity contribution in [3.8, 4) is 0 Å². The highest BCUT2D eigenvalue weighted by Crippen LogP contribution is 2.36. The minimum atomic E-state index is -2.05. The summed E-state index contributed by atoms with van der Waals surface area (Å²) in [5.74, 6) is 0.0294. The molecule has 0 aromatic carbocycles. The molecule has 0 aromatic heterocycles. The molecule has 0 aromatic rings. The smallest absolute Gasteiger partial charge is 0.338 e. The fourth-order valence-corrected chi connectivity index (χ4v) is 4.09. The first-order valence-corrected chi connectivity index (χ1v) is 11.2. The second-order valence-electron chi connectivity index (χ2n) is 8.96. The van der Waals surface area contributed by atoms with Crippen molar-refractivity contribution in [1.29, 1.82) is 0 Å². The first kappa shape index (κ1) is 24.9. The van der Waals surface area contributed by atoms with Crippen LogP contribution in [0.5, 0.6) is 0 Å². The van der Waals surface area contributed by atoms with E-state index >= 15 is 0 Å². The SMILES string of the molecule is CC(C)=CCCCCC/C=C/[C@H]1CCC[C@@H]1CCCCC(O)C(C)(O)C(=O)O. The summed E-state index contributed by atoms with van der Waals surface area (Å²) in [6.45, 7) is 5.48. The van der Waals surface area contributed by atoms with Crippen LogP contribution in [0.2, 0.25) is 0 Å². The lowest BCUT2D eigenvalue weighted by Crippen LogP contribution is -2.46. The van der Waals surface area contributed by atoms with Crippen LogP contribution in [0.4, 0.5) is 0 Å². The molecule has 2 unspecified atom stereocenters. The van der Waals surface area contributed by atoms with Crippen molar-refractivity contribution >= 4 is 5.97 Å². The van der Waals surface area contributed by atoms with Gasteiger partial charge in [-0.1, -0.05) is 49.5 Å². The van der Waals surface area contributed by atoms with Gasteiger partial charge in [-0.2, -0.15) is 0 Å². The summed E-state index contributed by atoms with van der Waals surface area (Å²) in [7, 11) is 0. The molecule has 0 amide bonds. The lowest BCUT2D eigenvalue weighted by atomic mass is 9.88.